The molecule has 2 nitrogen and oxygen atoms in total. The number of hydrogen-bond acceptors (Lipinski definition) is 2. The zero-order valence-electron chi connectivity index (χ0n) is 6.22. The predicted octanol–water partition coefficient (Wildman–Crippen LogP) is 1.52. The Labute approximate surface area is 61.4 Å². The molecule has 0 saturated carbocycles. The summed E-state index contributed by atoms with van der Waals surface area (Å²) in [6.07, 6.45) is 1.53. The van der Waals surface area contributed by atoms with Crippen LogP contribution in [0.2, 0.25) is 0 Å². The fraction of sp³-hybridized carbons (Fsp3) is 0.250. The van der Waals surface area contributed by atoms with E-state index < -0.39 is 0 Å². The first-order valence-electron chi connectivity index (χ1n) is 3.04. The second-order valence-corrected chi connectivity index (χ2v) is 2.06. The molecule has 2 heteroatoms. The third kappa shape index (κ3) is 2.07. The van der Waals surface area contributed by atoms with Gasteiger partial charge in [0.15, 0.2) is 0 Å². The Morgan fingerprint density at radius 2 is 2.20 bits per heavy atom. The summed E-state index contributed by atoms with van der Waals surface area (Å²) >= 11 is 0. The molecule has 0 aromatic carbocycles. The van der Waals surface area contributed by atoms with Crippen molar-refractivity contribution in [1.29, 1.82) is 0 Å². The summed E-state index contributed by atoms with van der Waals surface area (Å²) in [7, 11) is 0. The highest BCUT2D eigenvalue weighted by molar-refractivity contribution is 5.32. The quantitative estimate of drug-likeness (QED) is 0.460. The van der Waals surface area contributed by atoms with Crippen LogP contribution in [-0.2, 0) is 0 Å². The molecule has 0 rings (SSSR count). The van der Waals surface area contributed by atoms with E-state index in [1.54, 1.807) is 6.92 Å². The summed E-state index contributed by atoms with van der Waals surface area (Å²) in [6.45, 7) is 9.07. The molecule has 0 heterocycles. The molecule has 0 aromatic rings. The highest BCUT2D eigenvalue weighted by Crippen LogP contribution is 2.08. The molecule has 0 aliphatic heterocycles. The van der Waals surface area contributed by atoms with Gasteiger partial charge in [-0.05, 0) is 12.5 Å². The Kier molecular flexibility index (Phi) is 3.51. The number of rotatable bonds is 3. The number of allylic oxidation sites excluding steroid dienone is 1. The van der Waals surface area contributed by atoms with E-state index in [-0.39, 0.29) is 5.76 Å². The van der Waals surface area contributed by atoms with Crippen molar-refractivity contribution in [1.82, 2.24) is 0 Å². The normalized spacial score (nSPS) is 12.2. The lowest BCUT2D eigenvalue weighted by atomic mass is 10.1. The Morgan fingerprint density at radius 3 is 2.30 bits per heavy atom. The highest BCUT2D eigenvalue weighted by atomic mass is 16.3. The third-order valence-corrected chi connectivity index (χ3v) is 1.17. The molecule has 0 amide bonds. The van der Waals surface area contributed by atoms with E-state index in [1.807, 2.05) is 0 Å². The van der Waals surface area contributed by atoms with E-state index in [9.17, 15) is 5.11 Å². The summed E-state index contributed by atoms with van der Waals surface area (Å²) in [4.78, 5) is 0. The lowest BCUT2D eigenvalue weighted by Crippen LogP contribution is -2.04. The van der Waals surface area contributed by atoms with Crippen LogP contribution in [0.3, 0.4) is 0 Å². The standard InChI is InChI=1S/C8H13NO/c1-4-7(5-9)8(10)6(2)3/h4,10H,1-2,5,9H2,3H3/b8-7-. The van der Waals surface area contributed by atoms with Crippen molar-refractivity contribution in [2.45, 2.75) is 6.92 Å². The van der Waals surface area contributed by atoms with Gasteiger partial charge in [-0.2, -0.15) is 0 Å². The van der Waals surface area contributed by atoms with E-state index in [0.29, 0.717) is 17.7 Å². The largest absolute Gasteiger partial charge is 0.507 e. The molecule has 0 saturated heterocycles. The van der Waals surface area contributed by atoms with E-state index in [4.69, 9.17) is 5.73 Å². The molecule has 0 atom stereocenters. The molecule has 0 spiro atoms. The fourth-order valence-corrected chi connectivity index (χ4v) is 0.551. The van der Waals surface area contributed by atoms with E-state index in [0.717, 1.165) is 0 Å². The number of aliphatic hydroxyl groups excluding tert-OH is 1. The molecule has 0 fully saturated rings. The van der Waals surface area contributed by atoms with Crippen LogP contribution in [-0.4, -0.2) is 11.7 Å². The highest BCUT2D eigenvalue weighted by Gasteiger charge is 1.98. The Hall–Kier alpha value is -1.02. The molecular formula is C8H13NO. The second-order valence-electron chi connectivity index (χ2n) is 2.06. The SMILES string of the molecule is C=C/C(CN)=C(/O)C(=C)C. The minimum Gasteiger partial charge on any atom is -0.507 e. The minimum absolute atomic E-state index is 0.150. The Bertz CT molecular complexity index is 180. The van der Waals surface area contributed by atoms with E-state index in [1.165, 1.54) is 6.08 Å². The second kappa shape index (κ2) is 3.90. The van der Waals surface area contributed by atoms with Gasteiger partial charge >= 0.3 is 0 Å². The van der Waals surface area contributed by atoms with Gasteiger partial charge in [0.1, 0.15) is 5.76 Å². The van der Waals surface area contributed by atoms with E-state index in [2.05, 4.69) is 13.2 Å². The van der Waals surface area contributed by atoms with Crippen LogP contribution < -0.4 is 5.73 Å². The van der Waals surface area contributed by atoms with Crippen LogP contribution in [0, 0.1) is 0 Å². The maximum absolute atomic E-state index is 9.22. The number of aliphatic hydroxyl groups is 1. The first-order valence-corrected chi connectivity index (χ1v) is 3.04. The van der Waals surface area contributed by atoms with Crippen molar-refractivity contribution in [3.05, 3.63) is 36.1 Å². The molecule has 3 N–H and O–H groups in total. The van der Waals surface area contributed by atoms with Crippen LogP contribution >= 0.6 is 0 Å². The maximum atomic E-state index is 9.22. The minimum atomic E-state index is 0.150. The van der Waals surface area contributed by atoms with Gasteiger partial charge in [-0.3, -0.25) is 0 Å². The summed E-state index contributed by atoms with van der Waals surface area (Å²) in [5.41, 5.74) is 6.54. The van der Waals surface area contributed by atoms with Crippen molar-refractivity contribution in [3.63, 3.8) is 0 Å². The monoisotopic (exact) mass is 139 g/mol. The Balaban J connectivity index is 4.59. The van der Waals surface area contributed by atoms with Gasteiger partial charge in [0.05, 0.1) is 0 Å². The molecule has 56 valence electrons. The third-order valence-electron chi connectivity index (χ3n) is 1.17. The molecule has 0 aliphatic carbocycles. The lowest BCUT2D eigenvalue weighted by Gasteiger charge is -2.02. The van der Waals surface area contributed by atoms with Crippen molar-refractivity contribution in [3.8, 4) is 0 Å². The average Bonchev–Trinajstić information content (AvgIpc) is 1.90. The Morgan fingerprint density at radius 1 is 1.70 bits per heavy atom. The van der Waals surface area contributed by atoms with Crippen LogP contribution in [0.25, 0.3) is 0 Å². The lowest BCUT2D eigenvalue weighted by molar-refractivity contribution is 0.418. The van der Waals surface area contributed by atoms with Crippen molar-refractivity contribution < 1.29 is 5.11 Å². The molecule has 0 unspecified atom stereocenters. The number of hydrogen-bond donors (Lipinski definition) is 2. The topological polar surface area (TPSA) is 46.2 Å². The molecule has 0 aromatic heterocycles. The van der Waals surface area contributed by atoms with Crippen LogP contribution in [0.1, 0.15) is 6.92 Å². The van der Waals surface area contributed by atoms with Gasteiger partial charge in [0, 0.05) is 12.1 Å². The van der Waals surface area contributed by atoms with Crippen LogP contribution in [0.15, 0.2) is 36.1 Å². The first kappa shape index (κ1) is 8.98. The predicted molar refractivity (Wildman–Crippen MR) is 43.7 cm³/mol. The molecule has 0 bridgehead atoms. The maximum Gasteiger partial charge on any atom is 0.122 e. The average molecular weight is 139 g/mol. The van der Waals surface area contributed by atoms with Gasteiger partial charge < -0.3 is 10.8 Å². The summed E-state index contributed by atoms with van der Waals surface area (Å²) < 4.78 is 0. The fourth-order valence-electron chi connectivity index (χ4n) is 0.551. The molecule has 10 heavy (non-hydrogen) atoms. The summed E-state index contributed by atoms with van der Waals surface area (Å²) in [6, 6.07) is 0. The van der Waals surface area contributed by atoms with Gasteiger partial charge in [0.25, 0.3) is 0 Å². The molecular weight excluding hydrogens is 126 g/mol. The zero-order valence-corrected chi connectivity index (χ0v) is 6.22. The number of nitrogens with two attached hydrogens (primary N) is 1. The van der Waals surface area contributed by atoms with Crippen molar-refractivity contribution in [2.75, 3.05) is 6.54 Å². The van der Waals surface area contributed by atoms with Crippen LogP contribution in [0.5, 0.6) is 0 Å². The van der Waals surface area contributed by atoms with Crippen molar-refractivity contribution >= 4 is 0 Å². The molecule has 0 aliphatic rings. The van der Waals surface area contributed by atoms with Gasteiger partial charge in [0.2, 0.25) is 0 Å². The first-order chi connectivity index (χ1) is 4.63. The summed E-state index contributed by atoms with van der Waals surface area (Å²) in [5.74, 6) is 0.150. The van der Waals surface area contributed by atoms with Gasteiger partial charge in [-0.25, -0.2) is 0 Å². The smallest absolute Gasteiger partial charge is 0.122 e. The van der Waals surface area contributed by atoms with Gasteiger partial charge in [-0.1, -0.05) is 19.2 Å². The van der Waals surface area contributed by atoms with Gasteiger partial charge in [-0.15, -0.1) is 0 Å². The zero-order chi connectivity index (χ0) is 8.15. The molecule has 0 radical (unpaired) electrons. The van der Waals surface area contributed by atoms with Crippen LogP contribution in [0.4, 0.5) is 0 Å². The van der Waals surface area contributed by atoms with E-state index >= 15 is 0 Å². The van der Waals surface area contributed by atoms with Crippen molar-refractivity contribution in [2.24, 2.45) is 5.73 Å². The summed E-state index contributed by atoms with van der Waals surface area (Å²) in [5, 5.41) is 9.22.